The van der Waals surface area contributed by atoms with E-state index in [0.29, 0.717) is 44.0 Å². The Morgan fingerprint density at radius 3 is 2.52 bits per heavy atom. The van der Waals surface area contributed by atoms with Crippen LogP contribution in [-0.2, 0) is 6.18 Å². The fourth-order valence-electron chi connectivity index (χ4n) is 2.76. The molecule has 1 aliphatic heterocycles. The van der Waals surface area contributed by atoms with Gasteiger partial charge in [-0.3, -0.25) is 9.78 Å². The maximum atomic E-state index is 12.6. The Kier molecular flexibility index (Phi) is 4.87. The van der Waals surface area contributed by atoms with Gasteiger partial charge in [0.2, 0.25) is 0 Å². The van der Waals surface area contributed by atoms with E-state index in [1.807, 2.05) is 4.90 Å². The minimum atomic E-state index is -4.39. The molecular weight excluding hydrogens is 333 g/mol. The summed E-state index contributed by atoms with van der Waals surface area (Å²) in [6.07, 6.45) is 0.310. The standard InChI is InChI=1S/C17H17F3N4O/c18-17(19,20)14-4-5-15(22-12-14)23-7-2-8-24(10-9-23)16(25)13-3-1-6-21-11-13/h1,3-6,11-12H,2,7-10H2. The Labute approximate surface area is 143 Å². The van der Waals surface area contributed by atoms with Crippen LogP contribution in [0.3, 0.4) is 0 Å². The molecular formula is C17H17F3N4O. The summed E-state index contributed by atoms with van der Waals surface area (Å²) in [7, 11) is 0. The summed E-state index contributed by atoms with van der Waals surface area (Å²) in [6, 6.07) is 5.84. The minimum Gasteiger partial charge on any atom is -0.355 e. The average molecular weight is 350 g/mol. The van der Waals surface area contributed by atoms with Crippen LogP contribution >= 0.6 is 0 Å². The van der Waals surface area contributed by atoms with Crippen LogP contribution in [0, 0.1) is 0 Å². The monoisotopic (exact) mass is 350 g/mol. The average Bonchev–Trinajstić information content (AvgIpc) is 2.87. The normalized spacial score (nSPS) is 15.8. The molecule has 2 aromatic heterocycles. The highest BCUT2D eigenvalue weighted by Crippen LogP contribution is 2.29. The Morgan fingerprint density at radius 1 is 1.04 bits per heavy atom. The van der Waals surface area contributed by atoms with Crippen LogP contribution in [0.4, 0.5) is 19.0 Å². The topological polar surface area (TPSA) is 49.3 Å². The van der Waals surface area contributed by atoms with Crippen LogP contribution in [0.1, 0.15) is 22.3 Å². The number of anilines is 1. The van der Waals surface area contributed by atoms with Gasteiger partial charge < -0.3 is 9.80 Å². The van der Waals surface area contributed by atoms with Gasteiger partial charge in [-0.25, -0.2) is 4.98 Å². The van der Waals surface area contributed by atoms with Crippen molar-refractivity contribution in [3.8, 4) is 0 Å². The Hall–Kier alpha value is -2.64. The van der Waals surface area contributed by atoms with Crippen molar-refractivity contribution in [2.24, 2.45) is 0 Å². The Balaban J connectivity index is 1.66. The molecule has 0 unspecified atom stereocenters. The van der Waals surface area contributed by atoms with Crippen LogP contribution in [0.5, 0.6) is 0 Å². The molecule has 25 heavy (non-hydrogen) atoms. The number of hydrogen-bond donors (Lipinski definition) is 0. The molecule has 0 aromatic carbocycles. The number of rotatable bonds is 2. The molecule has 1 aliphatic rings. The molecule has 1 fully saturated rings. The van der Waals surface area contributed by atoms with Gasteiger partial charge >= 0.3 is 6.18 Å². The zero-order valence-corrected chi connectivity index (χ0v) is 13.4. The van der Waals surface area contributed by atoms with Crippen molar-refractivity contribution >= 4 is 11.7 Å². The van der Waals surface area contributed by atoms with Gasteiger partial charge in [0.05, 0.1) is 11.1 Å². The van der Waals surface area contributed by atoms with Gasteiger partial charge in [0.25, 0.3) is 5.91 Å². The molecule has 0 saturated carbocycles. The lowest BCUT2D eigenvalue weighted by molar-refractivity contribution is -0.137. The van der Waals surface area contributed by atoms with Crippen LogP contribution in [0.15, 0.2) is 42.9 Å². The van der Waals surface area contributed by atoms with E-state index in [1.54, 1.807) is 23.2 Å². The largest absolute Gasteiger partial charge is 0.417 e. The molecule has 0 aliphatic carbocycles. The predicted molar refractivity (Wildman–Crippen MR) is 86.2 cm³/mol. The SMILES string of the molecule is O=C(c1cccnc1)N1CCCN(c2ccc(C(F)(F)F)cn2)CC1. The molecule has 2 aromatic rings. The third-order valence-electron chi connectivity index (χ3n) is 4.09. The van der Waals surface area contributed by atoms with E-state index in [9.17, 15) is 18.0 Å². The van der Waals surface area contributed by atoms with E-state index in [4.69, 9.17) is 0 Å². The number of alkyl halides is 3. The lowest BCUT2D eigenvalue weighted by Gasteiger charge is -2.23. The molecule has 5 nitrogen and oxygen atoms in total. The van der Waals surface area contributed by atoms with Crippen LogP contribution < -0.4 is 4.90 Å². The maximum Gasteiger partial charge on any atom is 0.417 e. The fraction of sp³-hybridized carbons (Fsp3) is 0.353. The van der Waals surface area contributed by atoms with E-state index in [2.05, 4.69) is 9.97 Å². The first-order valence-electron chi connectivity index (χ1n) is 7.92. The highest BCUT2D eigenvalue weighted by molar-refractivity contribution is 5.93. The Morgan fingerprint density at radius 2 is 1.88 bits per heavy atom. The summed E-state index contributed by atoms with van der Waals surface area (Å²) in [5.74, 6) is 0.402. The quantitative estimate of drug-likeness (QED) is 0.836. The van der Waals surface area contributed by atoms with Gasteiger partial charge in [-0.15, -0.1) is 0 Å². The van der Waals surface area contributed by atoms with Crippen molar-refractivity contribution in [3.05, 3.63) is 54.0 Å². The Bertz CT molecular complexity index is 719. The number of amides is 1. The van der Waals surface area contributed by atoms with E-state index >= 15 is 0 Å². The van der Waals surface area contributed by atoms with Gasteiger partial charge in [-0.1, -0.05) is 0 Å². The lowest BCUT2D eigenvalue weighted by Crippen LogP contribution is -2.35. The molecule has 1 amide bonds. The molecule has 0 bridgehead atoms. The number of hydrogen-bond acceptors (Lipinski definition) is 4. The van der Waals surface area contributed by atoms with Crippen molar-refractivity contribution in [3.63, 3.8) is 0 Å². The molecule has 3 rings (SSSR count). The third kappa shape index (κ3) is 4.07. The zero-order valence-electron chi connectivity index (χ0n) is 13.4. The molecule has 0 atom stereocenters. The van der Waals surface area contributed by atoms with Crippen molar-refractivity contribution in [2.45, 2.75) is 12.6 Å². The lowest BCUT2D eigenvalue weighted by atomic mass is 10.2. The van der Waals surface area contributed by atoms with E-state index in [1.165, 1.54) is 12.3 Å². The summed E-state index contributed by atoms with van der Waals surface area (Å²) >= 11 is 0. The third-order valence-corrected chi connectivity index (χ3v) is 4.09. The minimum absolute atomic E-state index is 0.0877. The van der Waals surface area contributed by atoms with Crippen LogP contribution in [0.25, 0.3) is 0 Å². The summed E-state index contributed by atoms with van der Waals surface area (Å²) in [5, 5.41) is 0. The molecule has 0 radical (unpaired) electrons. The predicted octanol–water partition coefficient (Wildman–Crippen LogP) is 2.85. The smallest absolute Gasteiger partial charge is 0.355 e. The highest BCUT2D eigenvalue weighted by Gasteiger charge is 2.31. The van der Waals surface area contributed by atoms with E-state index in [-0.39, 0.29) is 5.91 Å². The molecule has 8 heteroatoms. The van der Waals surface area contributed by atoms with Crippen molar-refractivity contribution in [1.82, 2.24) is 14.9 Å². The number of nitrogens with zero attached hydrogens (tertiary/aromatic N) is 4. The molecule has 132 valence electrons. The van der Waals surface area contributed by atoms with Crippen molar-refractivity contribution < 1.29 is 18.0 Å². The van der Waals surface area contributed by atoms with Crippen molar-refractivity contribution in [1.29, 1.82) is 0 Å². The highest BCUT2D eigenvalue weighted by atomic mass is 19.4. The van der Waals surface area contributed by atoms with Gasteiger partial charge in [0, 0.05) is 44.8 Å². The van der Waals surface area contributed by atoms with Gasteiger partial charge in [0.1, 0.15) is 5.82 Å². The van der Waals surface area contributed by atoms with Gasteiger partial charge in [-0.05, 0) is 30.7 Å². The number of carbonyl (C=O) groups excluding carboxylic acids is 1. The number of carbonyl (C=O) groups is 1. The second-order valence-corrected chi connectivity index (χ2v) is 5.78. The van der Waals surface area contributed by atoms with Crippen molar-refractivity contribution in [2.75, 3.05) is 31.1 Å². The number of halogens is 3. The summed E-state index contributed by atoms with van der Waals surface area (Å²) in [4.78, 5) is 24.0. The second kappa shape index (κ2) is 7.08. The summed E-state index contributed by atoms with van der Waals surface area (Å²) < 4.78 is 37.9. The van der Waals surface area contributed by atoms with Gasteiger partial charge in [0.15, 0.2) is 0 Å². The van der Waals surface area contributed by atoms with E-state index < -0.39 is 11.7 Å². The maximum absolute atomic E-state index is 12.6. The first kappa shape index (κ1) is 17.2. The summed E-state index contributed by atoms with van der Waals surface area (Å²) in [5.41, 5.74) is -0.233. The second-order valence-electron chi connectivity index (χ2n) is 5.78. The fourth-order valence-corrected chi connectivity index (χ4v) is 2.76. The van der Waals surface area contributed by atoms with Crippen LogP contribution in [-0.4, -0.2) is 47.0 Å². The first-order chi connectivity index (χ1) is 11.9. The molecule has 0 N–H and O–H groups in total. The number of aromatic nitrogens is 2. The molecule has 3 heterocycles. The molecule has 1 saturated heterocycles. The van der Waals surface area contributed by atoms with E-state index in [0.717, 1.165) is 12.3 Å². The first-order valence-corrected chi connectivity index (χ1v) is 7.92. The zero-order chi connectivity index (χ0) is 17.9. The number of pyridine rings is 2. The van der Waals surface area contributed by atoms with Crippen LogP contribution in [0.2, 0.25) is 0 Å². The van der Waals surface area contributed by atoms with Gasteiger partial charge in [-0.2, -0.15) is 13.2 Å². The molecule has 0 spiro atoms. The summed E-state index contributed by atoms with van der Waals surface area (Å²) in [6.45, 7) is 2.22.